The molecule has 0 bridgehead atoms. The Morgan fingerprint density at radius 1 is 1.45 bits per heavy atom. The van der Waals surface area contributed by atoms with E-state index in [4.69, 9.17) is 5.26 Å². The van der Waals surface area contributed by atoms with Gasteiger partial charge in [0.25, 0.3) is 0 Å². The zero-order valence-corrected chi connectivity index (χ0v) is 12.2. The molecular formula is C16H18N2OS. The summed E-state index contributed by atoms with van der Waals surface area (Å²) in [6.07, 6.45) is 7.49. The molecule has 1 amide bonds. The van der Waals surface area contributed by atoms with Gasteiger partial charge in [0.05, 0.1) is 11.8 Å². The number of para-hydroxylation sites is 1. The van der Waals surface area contributed by atoms with E-state index in [0.29, 0.717) is 18.8 Å². The molecule has 0 saturated carbocycles. The Morgan fingerprint density at radius 2 is 2.30 bits per heavy atom. The fourth-order valence-electron chi connectivity index (χ4n) is 2.21. The molecule has 3 nitrogen and oxygen atoms in total. The number of thioether (sulfide) groups is 1. The van der Waals surface area contributed by atoms with Gasteiger partial charge in [-0.1, -0.05) is 24.3 Å². The molecule has 1 atom stereocenters. The van der Waals surface area contributed by atoms with Crippen molar-refractivity contribution in [1.82, 2.24) is 0 Å². The second kappa shape index (κ2) is 7.76. The number of anilines is 1. The first-order chi connectivity index (χ1) is 9.79. The highest BCUT2D eigenvalue weighted by atomic mass is 32.2. The number of nitrogens with zero attached hydrogens (tertiary/aromatic N) is 1. The van der Waals surface area contributed by atoms with Gasteiger partial charge < -0.3 is 5.32 Å². The van der Waals surface area contributed by atoms with Crippen LogP contribution in [0.25, 0.3) is 0 Å². The van der Waals surface area contributed by atoms with Gasteiger partial charge in [-0.25, -0.2) is 0 Å². The molecule has 0 fully saturated rings. The van der Waals surface area contributed by atoms with E-state index in [-0.39, 0.29) is 5.91 Å². The maximum absolute atomic E-state index is 12.0. The highest BCUT2D eigenvalue weighted by Crippen LogP contribution is 2.28. The van der Waals surface area contributed by atoms with E-state index in [1.807, 2.05) is 24.3 Å². The van der Waals surface area contributed by atoms with E-state index in [2.05, 4.69) is 23.5 Å². The molecule has 0 aliphatic heterocycles. The van der Waals surface area contributed by atoms with Gasteiger partial charge in [0, 0.05) is 23.5 Å². The van der Waals surface area contributed by atoms with Crippen LogP contribution in [0, 0.1) is 17.2 Å². The molecule has 4 heteroatoms. The van der Waals surface area contributed by atoms with Crippen LogP contribution in [0.15, 0.2) is 41.3 Å². The minimum atomic E-state index is 0.0647. The third-order valence-electron chi connectivity index (χ3n) is 3.19. The van der Waals surface area contributed by atoms with Crippen LogP contribution in [0.1, 0.15) is 25.7 Å². The fraction of sp³-hybridized carbons (Fsp3) is 0.375. The average molecular weight is 286 g/mol. The molecule has 1 aromatic carbocycles. The van der Waals surface area contributed by atoms with Crippen molar-refractivity contribution in [2.45, 2.75) is 30.6 Å². The summed E-state index contributed by atoms with van der Waals surface area (Å²) in [5.41, 5.74) is 0.849. The minimum absolute atomic E-state index is 0.0647. The second-order valence-electron chi connectivity index (χ2n) is 4.77. The summed E-state index contributed by atoms with van der Waals surface area (Å²) in [6.45, 7) is 0. The number of nitrogens with one attached hydrogen (secondary N) is 1. The lowest BCUT2D eigenvalue weighted by Gasteiger charge is -2.12. The van der Waals surface area contributed by atoms with E-state index in [1.165, 1.54) is 0 Å². The lowest BCUT2D eigenvalue weighted by molar-refractivity contribution is -0.116. The molecule has 1 aromatic rings. The van der Waals surface area contributed by atoms with Crippen molar-refractivity contribution in [3.63, 3.8) is 0 Å². The lowest BCUT2D eigenvalue weighted by atomic mass is 10.1. The van der Waals surface area contributed by atoms with E-state index < -0.39 is 0 Å². The Kier molecular flexibility index (Phi) is 5.69. The van der Waals surface area contributed by atoms with Crippen LogP contribution in [-0.4, -0.2) is 11.7 Å². The highest BCUT2D eigenvalue weighted by Gasteiger charge is 2.14. The number of hydrogen-bond donors (Lipinski definition) is 1. The van der Waals surface area contributed by atoms with Gasteiger partial charge in [0.15, 0.2) is 0 Å². The van der Waals surface area contributed by atoms with E-state index in [0.717, 1.165) is 29.2 Å². The van der Waals surface area contributed by atoms with Crippen LogP contribution in [0.2, 0.25) is 0 Å². The molecule has 1 aliphatic carbocycles. The van der Waals surface area contributed by atoms with Crippen LogP contribution >= 0.6 is 11.8 Å². The summed E-state index contributed by atoms with van der Waals surface area (Å²) in [4.78, 5) is 13.1. The van der Waals surface area contributed by atoms with Gasteiger partial charge in [0.1, 0.15) is 0 Å². The van der Waals surface area contributed by atoms with Crippen LogP contribution in [0.3, 0.4) is 0 Å². The van der Waals surface area contributed by atoms with Crippen molar-refractivity contribution >= 4 is 23.4 Å². The third-order valence-corrected chi connectivity index (χ3v) is 4.27. The predicted octanol–water partition coefficient (Wildman–Crippen LogP) is 3.99. The molecule has 20 heavy (non-hydrogen) atoms. The Labute approximate surface area is 124 Å². The molecule has 0 aromatic heterocycles. The predicted molar refractivity (Wildman–Crippen MR) is 82.5 cm³/mol. The molecule has 2 rings (SSSR count). The first kappa shape index (κ1) is 14.7. The largest absolute Gasteiger partial charge is 0.325 e. The summed E-state index contributed by atoms with van der Waals surface area (Å²) >= 11 is 1.61. The van der Waals surface area contributed by atoms with Crippen LogP contribution in [-0.2, 0) is 4.79 Å². The standard InChI is InChI=1S/C16H18N2OS/c17-10-5-11-20-15-9-4-3-8-14(15)18-16(19)12-13-6-1-2-7-13/h1,3-4,6,8-9,13H,2,5,7,11-12H2,(H,18,19)/t13-/m0/s1. The number of hydrogen-bond acceptors (Lipinski definition) is 3. The molecule has 1 aliphatic rings. The van der Waals surface area contributed by atoms with Crippen molar-refractivity contribution in [1.29, 1.82) is 5.26 Å². The third kappa shape index (κ3) is 4.43. The molecule has 0 saturated heterocycles. The summed E-state index contributed by atoms with van der Waals surface area (Å²) in [6, 6.07) is 9.89. The van der Waals surface area contributed by atoms with Crippen molar-refractivity contribution < 1.29 is 4.79 Å². The van der Waals surface area contributed by atoms with E-state index >= 15 is 0 Å². The number of carbonyl (C=O) groups is 1. The highest BCUT2D eigenvalue weighted by molar-refractivity contribution is 7.99. The average Bonchev–Trinajstić information content (AvgIpc) is 2.93. The smallest absolute Gasteiger partial charge is 0.224 e. The van der Waals surface area contributed by atoms with Gasteiger partial charge in [0.2, 0.25) is 5.91 Å². The summed E-state index contributed by atoms with van der Waals surface area (Å²) < 4.78 is 0. The van der Waals surface area contributed by atoms with Crippen LogP contribution in [0.5, 0.6) is 0 Å². The Balaban J connectivity index is 1.92. The van der Waals surface area contributed by atoms with Crippen molar-refractivity contribution in [3.05, 3.63) is 36.4 Å². The Bertz CT molecular complexity index is 534. The quantitative estimate of drug-likeness (QED) is 0.489. The molecule has 0 spiro atoms. The molecule has 1 N–H and O–H groups in total. The first-order valence-electron chi connectivity index (χ1n) is 6.85. The first-order valence-corrected chi connectivity index (χ1v) is 7.83. The fourth-order valence-corrected chi connectivity index (χ4v) is 3.07. The zero-order valence-electron chi connectivity index (χ0n) is 11.3. The van der Waals surface area contributed by atoms with Crippen molar-refractivity contribution in [3.8, 4) is 6.07 Å². The molecule has 0 unspecified atom stereocenters. The van der Waals surface area contributed by atoms with Gasteiger partial charge in [-0.05, 0) is 30.9 Å². The van der Waals surface area contributed by atoms with Gasteiger partial charge >= 0.3 is 0 Å². The van der Waals surface area contributed by atoms with Gasteiger partial charge in [-0.3, -0.25) is 4.79 Å². The number of allylic oxidation sites excluding steroid dienone is 2. The van der Waals surface area contributed by atoms with E-state index in [1.54, 1.807) is 11.8 Å². The van der Waals surface area contributed by atoms with Crippen LogP contribution in [0.4, 0.5) is 5.69 Å². The molecule has 0 radical (unpaired) electrons. The zero-order chi connectivity index (χ0) is 14.2. The lowest BCUT2D eigenvalue weighted by Crippen LogP contribution is -2.15. The Hall–Kier alpha value is -1.73. The van der Waals surface area contributed by atoms with Crippen molar-refractivity contribution in [2.75, 3.05) is 11.1 Å². The minimum Gasteiger partial charge on any atom is -0.325 e. The van der Waals surface area contributed by atoms with Crippen LogP contribution < -0.4 is 5.32 Å². The number of nitriles is 1. The topological polar surface area (TPSA) is 52.9 Å². The maximum Gasteiger partial charge on any atom is 0.224 e. The summed E-state index contributed by atoms with van der Waals surface area (Å²) in [7, 11) is 0. The van der Waals surface area contributed by atoms with Gasteiger partial charge in [-0.2, -0.15) is 5.26 Å². The number of amides is 1. The molecule has 0 heterocycles. The summed E-state index contributed by atoms with van der Waals surface area (Å²) in [5, 5.41) is 11.6. The second-order valence-corrected chi connectivity index (χ2v) is 5.91. The number of benzene rings is 1. The molecule has 104 valence electrons. The maximum atomic E-state index is 12.0. The monoisotopic (exact) mass is 286 g/mol. The SMILES string of the molecule is N#CCCSc1ccccc1NC(=O)C[C@H]1C=CCC1. The van der Waals surface area contributed by atoms with Gasteiger partial charge in [-0.15, -0.1) is 11.8 Å². The summed E-state index contributed by atoms with van der Waals surface area (Å²) in [5.74, 6) is 1.19. The van der Waals surface area contributed by atoms with Crippen molar-refractivity contribution in [2.24, 2.45) is 5.92 Å². The normalized spacial score (nSPS) is 16.9. The Morgan fingerprint density at radius 3 is 3.05 bits per heavy atom. The van der Waals surface area contributed by atoms with E-state index in [9.17, 15) is 4.79 Å². The molecular weight excluding hydrogens is 268 g/mol. The number of carbonyl (C=O) groups excluding carboxylic acids is 1. The number of rotatable bonds is 6.